The second-order valence-electron chi connectivity index (χ2n) is 30.7. The van der Waals surface area contributed by atoms with Crippen molar-refractivity contribution in [2.45, 2.75) is 13.1 Å². The molecule has 0 N–H and O–H groups in total. The predicted molar refractivity (Wildman–Crippen MR) is 493 cm³/mol. The van der Waals surface area contributed by atoms with Gasteiger partial charge < -0.3 is 9.13 Å². The number of nitrogens with zero attached hydrogens (tertiary/aromatic N) is 17. The Morgan fingerprint density at radius 3 is 0.591 bits per heavy atom. The number of aryl methyl sites for hydroxylation is 1. The Labute approximate surface area is 724 Å². The molecule has 0 aliphatic heterocycles. The minimum absolute atomic E-state index is 0.0412. The van der Waals surface area contributed by atoms with E-state index in [0.29, 0.717) is 136 Å². The van der Waals surface area contributed by atoms with Gasteiger partial charge in [-0.05, 0) is 110 Å². The summed E-state index contributed by atoms with van der Waals surface area (Å²) >= 11 is 0. The van der Waals surface area contributed by atoms with Crippen LogP contribution in [-0.4, -0.2) is 83.9 Å². The van der Waals surface area contributed by atoms with Crippen LogP contribution in [-0.2, 0) is 6.18 Å². The number of halogens is 3. The standard InChI is InChI=1S/C107H66F3N17/c1-65-47-53-90(126-86-54-48-75(101-115-92(66-29-11-2-12-30-66)111-93(116-101)67-31-13-3-14-32-67)60-80(86)81-61-76(49-55-87(81)126)102-117-94(68-33-15-4-16-34-68)112-95(118-102)69-35-17-5-18-36-69)84(59-65)105-123-100(74-45-27-10-28-46-74)124-106(125-105)85-64-79(107(108,109)110)52-58-91(85)127-88-56-50-77(103-119-96(70-37-19-6-20-38-70)113-97(120-103)71-39-21-7-22-40-71)62-82(88)83-63-78(51-57-89(83)127)104-121-98(72-41-23-8-24-42-72)114-99(122-104)73-43-25-9-26-44-73/h2-64H,1H3. The second-order valence-corrected chi connectivity index (χ2v) is 30.7. The fourth-order valence-electron chi connectivity index (χ4n) is 16.3. The van der Waals surface area contributed by atoms with Crippen LogP contribution in [0.5, 0.6) is 0 Å². The van der Waals surface area contributed by atoms with Gasteiger partial charge in [-0.1, -0.05) is 285 Å². The Hall–Kier alpha value is -17.3. The number of rotatable bonds is 17. The molecule has 7 heterocycles. The number of benzene rings is 15. The smallest absolute Gasteiger partial charge is 0.309 e. The summed E-state index contributed by atoms with van der Waals surface area (Å²) in [4.78, 5) is 77.9. The van der Waals surface area contributed by atoms with Crippen LogP contribution in [0.1, 0.15) is 11.1 Å². The quantitative estimate of drug-likeness (QED) is 0.0832. The maximum absolute atomic E-state index is 16.1. The van der Waals surface area contributed by atoms with E-state index < -0.39 is 11.7 Å². The third kappa shape index (κ3) is 14.7. The van der Waals surface area contributed by atoms with Crippen molar-refractivity contribution in [3.8, 4) is 182 Å². The van der Waals surface area contributed by atoms with Crippen molar-refractivity contribution in [2.24, 2.45) is 0 Å². The number of aromatic nitrogens is 17. The molecule has 7 aromatic heterocycles. The molecule has 600 valence electrons. The van der Waals surface area contributed by atoms with Crippen LogP contribution in [0.15, 0.2) is 382 Å². The largest absolute Gasteiger partial charge is 0.416 e. The molecule has 0 atom stereocenters. The lowest BCUT2D eigenvalue weighted by atomic mass is 10.0. The van der Waals surface area contributed by atoms with Crippen molar-refractivity contribution >= 4 is 43.6 Å². The van der Waals surface area contributed by atoms with Crippen LogP contribution < -0.4 is 0 Å². The molecule has 0 radical (unpaired) electrons. The molecule has 15 aromatic carbocycles. The first-order valence-electron chi connectivity index (χ1n) is 41.2. The molecule has 20 heteroatoms. The number of hydrogen-bond acceptors (Lipinski definition) is 15. The van der Waals surface area contributed by atoms with Gasteiger partial charge in [0.15, 0.2) is 87.4 Å². The van der Waals surface area contributed by atoms with E-state index in [1.54, 1.807) is 0 Å². The highest BCUT2D eigenvalue weighted by molar-refractivity contribution is 6.13. The topological polar surface area (TPSA) is 203 Å². The predicted octanol–water partition coefficient (Wildman–Crippen LogP) is 25.1. The molecule has 127 heavy (non-hydrogen) atoms. The summed E-state index contributed by atoms with van der Waals surface area (Å²) in [5.41, 5.74) is 14.0. The highest BCUT2D eigenvalue weighted by atomic mass is 19.4. The second kappa shape index (κ2) is 32.0. The molecule has 0 aliphatic rings. The van der Waals surface area contributed by atoms with Gasteiger partial charge in [0.25, 0.3) is 0 Å². The van der Waals surface area contributed by atoms with Crippen molar-refractivity contribution in [3.63, 3.8) is 0 Å². The van der Waals surface area contributed by atoms with Gasteiger partial charge in [-0.3, -0.25) is 0 Å². The lowest BCUT2D eigenvalue weighted by molar-refractivity contribution is -0.137. The van der Waals surface area contributed by atoms with Crippen molar-refractivity contribution in [2.75, 3.05) is 0 Å². The molecule has 0 spiro atoms. The first-order valence-corrected chi connectivity index (χ1v) is 41.2. The highest BCUT2D eigenvalue weighted by Crippen LogP contribution is 2.45. The summed E-state index contributed by atoms with van der Waals surface area (Å²) in [6.45, 7) is 1.99. The normalized spacial score (nSPS) is 11.6. The maximum atomic E-state index is 16.1. The minimum Gasteiger partial charge on any atom is -0.309 e. The first kappa shape index (κ1) is 75.9. The van der Waals surface area contributed by atoms with Crippen LogP contribution in [0.4, 0.5) is 13.2 Å². The van der Waals surface area contributed by atoms with Gasteiger partial charge in [0.05, 0.1) is 39.0 Å². The molecule has 0 bridgehead atoms. The highest BCUT2D eigenvalue weighted by Gasteiger charge is 2.34. The summed E-state index contributed by atoms with van der Waals surface area (Å²) in [6.07, 6.45) is -4.84. The SMILES string of the molecule is Cc1ccc(-n2c3ccc(-c4nc(-c5ccccc5)nc(-c5ccccc5)n4)cc3c3cc(-c4nc(-c5ccccc5)nc(-c5ccccc5)n4)ccc32)c(-c2nc(-c3ccccc3)nc(-c3cc(C(F)(F)F)ccc3-n3c4ccc(-c5nc(-c6ccccc6)nc(-c6ccccc6)n5)cc4c4cc(-c5nc(-c6ccccc6)nc(-c6ccccc6)n5)ccc43)n2)c1. The average molecular weight is 1650 g/mol. The molecule has 22 rings (SSSR count). The monoisotopic (exact) mass is 1650 g/mol. The Morgan fingerprint density at radius 1 is 0.181 bits per heavy atom. The zero-order valence-electron chi connectivity index (χ0n) is 67.6. The van der Waals surface area contributed by atoms with Gasteiger partial charge in [-0.25, -0.2) is 74.8 Å². The zero-order valence-corrected chi connectivity index (χ0v) is 67.6. The van der Waals surface area contributed by atoms with E-state index in [1.807, 2.05) is 351 Å². The molecular weight excluding hydrogens is 1580 g/mol. The lowest BCUT2D eigenvalue weighted by Gasteiger charge is -2.18. The molecule has 22 aromatic rings. The molecule has 0 unspecified atom stereocenters. The van der Waals surface area contributed by atoms with Crippen molar-refractivity contribution < 1.29 is 13.2 Å². The number of alkyl halides is 3. The molecule has 0 saturated heterocycles. The lowest BCUT2D eigenvalue weighted by Crippen LogP contribution is -2.09. The number of fused-ring (bicyclic) bond motifs is 6. The van der Waals surface area contributed by atoms with Gasteiger partial charge in [-0.2, -0.15) is 13.2 Å². The summed E-state index contributed by atoms with van der Waals surface area (Å²) < 4.78 is 52.5. The molecular formula is C107H66F3N17. The average Bonchev–Trinajstić information content (AvgIpc) is 1.58. The van der Waals surface area contributed by atoms with Gasteiger partial charge in [0.1, 0.15) is 0 Å². The van der Waals surface area contributed by atoms with E-state index in [0.717, 1.165) is 84.0 Å². The first-order chi connectivity index (χ1) is 62.4. The fraction of sp³-hybridized carbons (Fsp3) is 0.0187. The minimum atomic E-state index is -4.84. The summed E-state index contributed by atoms with van der Waals surface area (Å²) in [5.74, 6) is 5.86. The Balaban J connectivity index is 0.767. The molecule has 0 fully saturated rings. The van der Waals surface area contributed by atoms with Crippen LogP contribution in [0.3, 0.4) is 0 Å². The van der Waals surface area contributed by atoms with E-state index in [4.69, 9.17) is 74.8 Å². The zero-order chi connectivity index (χ0) is 85.1. The van der Waals surface area contributed by atoms with Crippen molar-refractivity contribution in [1.82, 2.24) is 83.9 Å². The van der Waals surface area contributed by atoms with Gasteiger partial charge in [0, 0.05) is 105 Å². The van der Waals surface area contributed by atoms with Crippen molar-refractivity contribution in [3.05, 3.63) is 393 Å². The summed E-state index contributed by atoms with van der Waals surface area (Å²) in [7, 11) is 0. The van der Waals surface area contributed by atoms with Gasteiger partial charge in [0.2, 0.25) is 0 Å². The van der Waals surface area contributed by atoms with Crippen LogP contribution in [0.25, 0.3) is 226 Å². The van der Waals surface area contributed by atoms with E-state index in [9.17, 15) is 0 Å². The summed E-state index contributed by atoms with van der Waals surface area (Å²) in [6, 6.07) is 122. The van der Waals surface area contributed by atoms with E-state index in [-0.39, 0.29) is 23.0 Å². The Bertz CT molecular complexity index is 7380. The van der Waals surface area contributed by atoms with Crippen LogP contribution in [0.2, 0.25) is 0 Å². The third-order valence-corrected chi connectivity index (χ3v) is 22.5. The molecule has 17 nitrogen and oxygen atoms in total. The van der Waals surface area contributed by atoms with Crippen molar-refractivity contribution in [1.29, 1.82) is 0 Å². The Kier molecular flexibility index (Phi) is 19.1. The molecule has 0 aliphatic carbocycles. The van der Waals surface area contributed by atoms with E-state index >= 15 is 13.2 Å². The van der Waals surface area contributed by atoms with E-state index in [1.165, 1.54) is 6.07 Å². The van der Waals surface area contributed by atoms with Gasteiger partial charge in [-0.15, -0.1) is 0 Å². The van der Waals surface area contributed by atoms with Crippen LogP contribution in [0, 0.1) is 6.92 Å². The fourth-order valence-corrected chi connectivity index (χ4v) is 16.3. The van der Waals surface area contributed by atoms with Crippen LogP contribution >= 0.6 is 0 Å². The maximum Gasteiger partial charge on any atom is 0.416 e. The number of hydrogen-bond donors (Lipinski definition) is 0. The summed E-state index contributed by atoms with van der Waals surface area (Å²) in [5, 5.41) is 3.02. The van der Waals surface area contributed by atoms with E-state index in [2.05, 4.69) is 28.8 Å². The van der Waals surface area contributed by atoms with Gasteiger partial charge >= 0.3 is 6.18 Å². The molecule has 0 saturated carbocycles. The molecule has 0 amide bonds. The Morgan fingerprint density at radius 2 is 0.370 bits per heavy atom. The third-order valence-electron chi connectivity index (χ3n) is 22.5.